The lowest BCUT2D eigenvalue weighted by Gasteiger charge is -2.45. The summed E-state index contributed by atoms with van der Waals surface area (Å²) in [6.07, 6.45) is 8.40. The Morgan fingerprint density at radius 1 is 0.198 bits per heavy atom. The maximum atomic E-state index is 9.54. The Labute approximate surface area is 571 Å². The summed E-state index contributed by atoms with van der Waals surface area (Å²) in [4.78, 5) is 0. The highest BCUT2D eigenvalue weighted by Gasteiger charge is 2.49. The molecule has 0 spiro atoms. The lowest BCUT2D eigenvalue weighted by atomic mass is 9.65. The second-order valence-electron chi connectivity index (χ2n) is 44.6. The van der Waals surface area contributed by atoms with Gasteiger partial charge in [0.15, 0.2) is 0 Å². The van der Waals surface area contributed by atoms with Gasteiger partial charge in [0.05, 0.1) is 0 Å². The van der Waals surface area contributed by atoms with Crippen molar-refractivity contribution in [2.45, 2.75) is 372 Å². The van der Waals surface area contributed by atoms with E-state index in [4.69, 9.17) is 0 Å². The Bertz CT molecular complexity index is 2670. The van der Waals surface area contributed by atoms with E-state index in [9.17, 15) is 4.12 Å². The zero-order valence-electron chi connectivity index (χ0n) is 68.0. The molecule has 0 fully saturated rings. The Kier molecular flexibility index (Phi) is 23.6. The molecule has 3 heteroatoms. The smallest absolute Gasteiger partial charge is 0.273 e. The molecule has 0 amide bonds. The molecule has 0 saturated heterocycles. The molecular formula is C88H148OSi2. The van der Waals surface area contributed by atoms with Crippen LogP contribution < -0.4 is 20.7 Å². The Morgan fingerprint density at radius 2 is 0.330 bits per heavy atom. The fourth-order valence-corrected chi connectivity index (χ4v) is 27.0. The zero-order valence-corrected chi connectivity index (χ0v) is 70.0. The zero-order chi connectivity index (χ0) is 70.9. The highest BCUT2D eigenvalue weighted by atomic mass is 28.4. The largest absolute Gasteiger partial charge is 0.442 e. The molecule has 0 atom stereocenters. The first kappa shape index (κ1) is 80.7. The molecule has 514 valence electrons. The van der Waals surface area contributed by atoms with E-state index in [1.54, 1.807) is 0 Å². The maximum Gasteiger partial charge on any atom is 0.273 e. The normalized spacial score (nSPS) is 15.0. The van der Waals surface area contributed by atoms with E-state index in [2.05, 4.69) is 350 Å². The Balaban J connectivity index is 2.74. The van der Waals surface area contributed by atoms with Crippen molar-refractivity contribution >= 4 is 38.8 Å². The third-order valence-electron chi connectivity index (χ3n) is 18.8. The molecule has 0 bridgehead atoms. The minimum atomic E-state index is -2.27. The highest BCUT2D eigenvalue weighted by Crippen LogP contribution is 2.50. The monoisotopic (exact) mass is 1280 g/mol. The summed E-state index contributed by atoms with van der Waals surface area (Å²) in [5.41, 5.74) is 11.3. The van der Waals surface area contributed by atoms with Gasteiger partial charge in [-0.25, -0.2) is 0 Å². The first-order valence-corrected chi connectivity index (χ1v) is 38.9. The van der Waals surface area contributed by atoms with Crippen LogP contribution in [-0.2, 0) is 47.4 Å². The average molecular weight is 1280 g/mol. The summed E-state index contributed by atoms with van der Waals surface area (Å²) in [5.74, 6) is 0. The molecule has 1 nitrogen and oxygen atoms in total. The van der Waals surface area contributed by atoms with Crippen LogP contribution in [0.4, 0.5) is 0 Å². The van der Waals surface area contributed by atoms with Gasteiger partial charge in [0, 0.05) is 0 Å². The molecule has 0 aliphatic heterocycles. The molecule has 0 aromatic heterocycles. The first-order chi connectivity index (χ1) is 40.0. The van der Waals surface area contributed by atoms with Crippen molar-refractivity contribution in [1.82, 2.24) is 0 Å². The van der Waals surface area contributed by atoms with Gasteiger partial charge in [-0.2, -0.15) is 0 Å². The van der Waals surface area contributed by atoms with Crippen LogP contribution in [0.2, 0.25) is 0 Å². The van der Waals surface area contributed by atoms with Crippen molar-refractivity contribution in [2.75, 3.05) is 0 Å². The maximum absolute atomic E-state index is 9.54. The molecule has 4 aromatic rings. The number of hydrogen-bond donors (Lipinski definition) is 0. The van der Waals surface area contributed by atoms with E-state index in [1.165, 1.54) is 65.3 Å². The lowest BCUT2D eigenvalue weighted by molar-refractivity contribution is 0.264. The van der Waals surface area contributed by atoms with Gasteiger partial charge in [0.2, 0.25) is 0 Å². The van der Waals surface area contributed by atoms with Crippen molar-refractivity contribution in [3.63, 3.8) is 0 Å². The van der Waals surface area contributed by atoms with E-state index in [-0.39, 0.29) is 86.6 Å². The second-order valence-corrected chi connectivity index (χ2v) is 48.9. The molecular weight excluding hydrogens is 1130 g/mol. The third kappa shape index (κ3) is 22.1. The molecule has 4 rings (SSSR count). The molecule has 0 aliphatic carbocycles. The van der Waals surface area contributed by atoms with Crippen molar-refractivity contribution in [1.29, 1.82) is 0 Å². The van der Waals surface area contributed by atoms with E-state index in [1.807, 2.05) is 0 Å². The summed E-state index contributed by atoms with van der Waals surface area (Å²) >= 11 is 0. The van der Waals surface area contributed by atoms with Gasteiger partial charge >= 0.3 is 0 Å². The van der Waals surface area contributed by atoms with Crippen LogP contribution in [-0.4, -0.2) is 18.1 Å². The third-order valence-corrected chi connectivity index (χ3v) is 24.1. The number of benzene rings is 4. The van der Waals surface area contributed by atoms with Crippen molar-refractivity contribution < 1.29 is 4.12 Å². The van der Waals surface area contributed by atoms with Crippen LogP contribution in [0.15, 0.2) is 72.8 Å². The minimum Gasteiger partial charge on any atom is -0.442 e. The summed E-state index contributed by atoms with van der Waals surface area (Å²) < 4.78 is 9.54. The van der Waals surface area contributed by atoms with Crippen LogP contribution in [0.1, 0.15) is 373 Å². The van der Waals surface area contributed by atoms with E-state index >= 15 is 0 Å². The van der Waals surface area contributed by atoms with Crippen molar-refractivity contribution in [3.05, 3.63) is 117 Å². The van der Waals surface area contributed by atoms with Crippen LogP contribution in [0.25, 0.3) is 0 Å². The standard InChI is InChI=1S/C88H148OSi2/c1-73(2,3)53-81(25,26)61-45-41-49-65(69(61)85(33,34)57-77(13,14)15)90(66-50-42-46-62(82(27,28)54-74(4,5)6)70(66)86(35,36)58-78(16,17)18)89-91(67-51-43-47-63(83(29,30)55-75(7,8)9)71(67)87(37,38)59-79(19,20)21)68-52-44-48-64(84(31,32)56-76(10,11)12)72(68)88(39,40)60-80(22,23)24/h41-52H,53-60H2,1-40H3. The Hall–Kier alpha value is -2.73. The molecule has 0 unspecified atom stereocenters. The number of hydrogen-bond acceptors (Lipinski definition) is 1. The van der Waals surface area contributed by atoms with Gasteiger partial charge < -0.3 is 4.12 Å². The van der Waals surface area contributed by atoms with E-state index < -0.39 is 18.1 Å². The first-order valence-electron chi connectivity index (χ1n) is 36.0. The van der Waals surface area contributed by atoms with Crippen LogP contribution >= 0.6 is 0 Å². The van der Waals surface area contributed by atoms with E-state index in [0.717, 1.165) is 51.4 Å². The fourth-order valence-electron chi connectivity index (χ4n) is 20.1. The molecule has 4 aromatic carbocycles. The predicted octanol–water partition coefficient (Wildman–Crippen LogP) is 24.3. The molecule has 0 aliphatic rings. The minimum absolute atomic E-state index is 0.0587. The quantitative estimate of drug-likeness (QED) is 0.0713. The SMILES string of the molecule is CC(C)(C)CC(C)(C)c1cccc([Si](O[Si](c2cccc(C(C)(C)CC(C)(C)C)c2C(C)(C)CC(C)(C)C)c2cccc(C(C)(C)CC(C)(C)C)c2C(C)(C)CC(C)(C)C)c2cccc(C(C)(C)CC(C)(C)C)c2C(C)(C)CC(C)(C)C)c1C(C)(C)CC(C)(C)C. The average Bonchev–Trinajstić information content (AvgIpc) is 0.735. The van der Waals surface area contributed by atoms with Gasteiger partial charge in [-0.15, -0.1) is 0 Å². The second kappa shape index (κ2) is 26.6. The topological polar surface area (TPSA) is 9.23 Å². The molecule has 0 saturated carbocycles. The molecule has 91 heavy (non-hydrogen) atoms. The van der Waals surface area contributed by atoms with Gasteiger partial charge in [-0.05, 0) is 203 Å². The Morgan fingerprint density at radius 3 is 0.462 bits per heavy atom. The van der Waals surface area contributed by atoms with Crippen molar-refractivity contribution in [2.24, 2.45) is 43.3 Å². The highest BCUT2D eigenvalue weighted by molar-refractivity contribution is 6.92. The van der Waals surface area contributed by atoms with Crippen LogP contribution in [0.3, 0.4) is 0 Å². The van der Waals surface area contributed by atoms with Gasteiger partial charge in [-0.1, -0.05) is 350 Å². The van der Waals surface area contributed by atoms with Crippen LogP contribution in [0.5, 0.6) is 0 Å². The number of rotatable bonds is 22. The molecule has 2 radical (unpaired) electrons. The molecule has 0 N–H and O–H groups in total. The van der Waals surface area contributed by atoms with Gasteiger partial charge in [-0.3, -0.25) is 0 Å². The van der Waals surface area contributed by atoms with Gasteiger partial charge in [0.1, 0.15) is 0 Å². The summed E-state index contributed by atoms with van der Waals surface area (Å²) in [7, 11) is -4.55. The lowest BCUT2D eigenvalue weighted by Crippen LogP contribution is -2.61. The fraction of sp³-hybridized carbons (Fsp3) is 0.727. The summed E-state index contributed by atoms with van der Waals surface area (Å²) in [5, 5.41) is 5.78. The molecule has 0 heterocycles. The van der Waals surface area contributed by atoms with Crippen LogP contribution in [0, 0.1) is 43.3 Å². The summed E-state index contributed by atoms with van der Waals surface area (Å²) in [6, 6.07) is 30.5. The van der Waals surface area contributed by atoms with Crippen molar-refractivity contribution in [3.8, 4) is 0 Å². The van der Waals surface area contributed by atoms with E-state index in [0.29, 0.717) is 0 Å². The van der Waals surface area contributed by atoms with Gasteiger partial charge in [0.25, 0.3) is 18.1 Å². The summed E-state index contributed by atoms with van der Waals surface area (Å²) in [6.45, 7) is 100. The predicted molar refractivity (Wildman–Crippen MR) is 414 cm³/mol.